The van der Waals surface area contributed by atoms with Gasteiger partial charge in [0, 0.05) is 17.7 Å². The van der Waals surface area contributed by atoms with Gasteiger partial charge in [-0.25, -0.2) is 0 Å². The van der Waals surface area contributed by atoms with Crippen molar-refractivity contribution in [3.8, 4) is 17.6 Å². The van der Waals surface area contributed by atoms with Crippen molar-refractivity contribution in [3.05, 3.63) is 53.6 Å². The molecule has 5 nitrogen and oxygen atoms in total. The summed E-state index contributed by atoms with van der Waals surface area (Å²) in [7, 11) is 1.65. The van der Waals surface area contributed by atoms with Crippen molar-refractivity contribution in [1.29, 1.82) is 5.26 Å². The molecule has 0 aromatic heterocycles. The first kappa shape index (κ1) is 19.0. The van der Waals surface area contributed by atoms with Gasteiger partial charge in [0.1, 0.15) is 17.1 Å². The van der Waals surface area contributed by atoms with Crippen LogP contribution in [0.2, 0.25) is 0 Å². The van der Waals surface area contributed by atoms with Crippen LogP contribution < -0.4 is 20.1 Å². The Morgan fingerprint density at radius 2 is 2.04 bits per heavy atom. The number of nitrogens with zero attached hydrogens (tertiary/aromatic N) is 1. The number of hydrogen-bond acceptors (Lipinski definition) is 4. The zero-order valence-electron chi connectivity index (χ0n) is 15.7. The predicted octanol–water partition coefficient (Wildman–Crippen LogP) is 4.35. The van der Waals surface area contributed by atoms with Gasteiger partial charge in [0.05, 0.1) is 25.6 Å². The number of methoxy groups -OCH3 is 1. The molecule has 0 saturated carbocycles. The van der Waals surface area contributed by atoms with Gasteiger partial charge in [-0.05, 0) is 62.0 Å². The van der Waals surface area contributed by atoms with E-state index in [1.165, 1.54) is 0 Å². The summed E-state index contributed by atoms with van der Waals surface area (Å²) in [6.07, 6.45) is 1.18. The van der Waals surface area contributed by atoms with E-state index in [1.807, 2.05) is 42.5 Å². The number of nitriles is 1. The van der Waals surface area contributed by atoms with Gasteiger partial charge in [0.25, 0.3) is 0 Å². The number of benzene rings is 2. The van der Waals surface area contributed by atoms with E-state index in [1.54, 1.807) is 7.11 Å². The van der Waals surface area contributed by atoms with Crippen LogP contribution in [0.5, 0.6) is 11.5 Å². The highest BCUT2D eigenvalue weighted by atomic mass is 32.1. The van der Waals surface area contributed by atoms with Crippen LogP contribution in [0.1, 0.15) is 37.4 Å². The highest BCUT2D eigenvalue weighted by Crippen LogP contribution is 2.41. The molecular weight excluding hydrogens is 358 g/mol. The third-order valence-electron chi connectivity index (χ3n) is 4.47. The van der Waals surface area contributed by atoms with Gasteiger partial charge in [-0.2, -0.15) is 5.26 Å². The first-order valence-corrected chi connectivity index (χ1v) is 9.21. The lowest BCUT2D eigenvalue weighted by Gasteiger charge is -2.38. The molecule has 6 heteroatoms. The van der Waals surface area contributed by atoms with Crippen molar-refractivity contribution >= 4 is 23.0 Å². The Kier molecular flexibility index (Phi) is 5.52. The molecule has 1 unspecified atom stereocenters. The summed E-state index contributed by atoms with van der Waals surface area (Å²) in [6, 6.07) is 15.7. The van der Waals surface area contributed by atoms with Crippen molar-refractivity contribution in [1.82, 2.24) is 5.32 Å². The van der Waals surface area contributed by atoms with Gasteiger partial charge in [-0.1, -0.05) is 12.1 Å². The van der Waals surface area contributed by atoms with E-state index in [0.29, 0.717) is 11.5 Å². The summed E-state index contributed by atoms with van der Waals surface area (Å²) >= 11 is 5.52. The summed E-state index contributed by atoms with van der Waals surface area (Å²) in [4.78, 5) is 0. The van der Waals surface area contributed by atoms with E-state index >= 15 is 0 Å². The molecule has 0 saturated heterocycles. The number of ether oxygens (including phenoxy) is 2. The van der Waals surface area contributed by atoms with E-state index in [9.17, 15) is 0 Å². The molecule has 1 atom stereocenters. The molecule has 2 aromatic rings. The highest BCUT2D eigenvalue weighted by Gasteiger charge is 2.34. The number of rotatable bonds is 4. The Balaban J connectivity index is 1.74. The second kappa shape index (κ2) is 7.85. The largest absolute Gasteiger partial charge is 0.497 e. The Morgan fingerprint density at radius 3 is 2.70 bits per heavy atom. The Hall–Kier alpha value is -2.78. The zero-order valence-corrected chi connectivity index (χ0v) is 16.5. The predicted molar refractivity (Wildman–Crippen MR) is 110 cm³/mol. The number of fused-ring (bicyclic) bond motifs is 1. The molecule has 2 N–H and O–H groups in total. The summed E-state index contributed by atoms with van der Waals surface area (Å²) in [5.41, 5.74) is 2.59. The van der Waals surface area contributed by atoms with Gasteiger partial charge >= 0.3 is 0 Å². The average Bonchev–Trinajstić information content (AvgIpc) is 2.62. The molecule has 0 spiro atoms. The van der Waals surface area contributed by atoms with Crippen molar-refractivity contribution in [3.63, 3.8) is 0 Å². The lowest BCUT2D eigenvalue weighted by Crippen LogP contribution is -2.42. The number of thiocarbonyl (C=S) groups is 1. The van der Waals surface area contributed by atoms with Crippen LogP contribution in [-0.4, -0.2) is 17.8 Å². The number of anilines is 1. The van der Waals surface area contributed by atoms with Gasteiger partial charge in [0.15, 0.2) is 5.11 Å². The van der Waals surface area contributed by atoms with Crippen molar-refractivity contribution in [2.24, 2.45) is 0 Å². The van der Waals surface area contributed by atoms with E-state index in [-0.39, 0.29) is 11.6 Å². The zero-order chi connectivity index (χ0) is 19.4. The third-order valence-corrected chi connectivity index (χ3v) is 4.69. The SMILES string of the molecule is COc1ccc2c(c1)C(NC(=S)Nc1ccc(CC#N)cc1)CC(C)(C)O2. The summed E-state index contributed by atoms with van der Waals surface area (Å²) in [5.74, 6) is 1.63. The maximum Gasteiger partial charge on any atom is 0.171 e. The van der Waals surface area contributed by atoms with E-state index < -0.39 is 0 Å². The number of hydrogen-bond donors (Lipinski definition) is 2. The number of nitrogens with one attached hydrogen (secondary N) is 2. The topological polar surface area (TPSA) is 66.3 Å². The van der Waals surface area contributed by atoms with Crippen molar-refractivity contribution in [2.75, 3.05) is 12.4 Å². The second-order valence-corrected chi connectivity index (χ2v) is 7.56. The van der Waals surface area contributed by atoms with Gasteiger partial charge < -0.3 is 20.1 Å². The van der Waals surface area contributed by atoms with Crippen LogP contribution in [-0.2, 0) is 6.42 Å². The maximum atomic E-state index is 8.76. The highest BCUT2D eigenvalue weighted by molar-refractivity contribution is 7.80. The van der Waals surface area contributed by atoms with E-state index in [4.69, 9.17) is 27.0 Å². The van der Waals surface area contributed by atoms with Crippen LogP contribution in [0.25, 0.3) is 0 Å². The van der Waals surface area contributed by atoms with Crippen molar-refractivity contribution in [2.45, 2.75) is 38.3 Å². The molecular formula is C21H23N3O2S. The molecule has 0 fully saturated rings. The quantitative estimate of drug-likeness (QED) is 0.768. The van der Waals surface area contributed by atoms with Gasteiger partial charge in [0.2, 0.25) is 0 Å². The molecule has 1 heterocycles. The standard InChI is InChI=1S/C21H23N3O2S/c1-21(2)13-18(17-12-16(25-3)8-9-19(17)26-21)24-20(27)23-15-6-4-14(5-7-15)10-11-22/h4-9,12,18H,10,13H2,1-3H3,(H2,23,24,27). The first-order valence-electron chi connectivity index (χ1n) is 8.80. The van der Waals surface area contributed by atoms with Crippen molar-refractivity contribution < 1.29 is 9.47 Å². The minimum atomic E-state index is -0.298. The molecule has 0 bridgehead atoms. The second-order valence-electron chi connectivity index (χ2n) is 7.15. The molecule has 1 aliphatic heterocycles. The first-order chi connectivity index (χ1) is 12.9. The molecule has 0 radical (unpaired) electrons. The molecule has 140 valence electrons. The Morgan fingerprint density at radius 1 is 1.30 bits per heavy atom. The molecule has 2 aromatic carbocycles. The summed E-state index contributed by atoms with van der Waals surface area (Å²) < 4.78 is 11.5. The van der Waals surface area contributed by atoms with E-state index in [0.717, 1.165) is 34.7 Å². The van der Waals surface area contributed by atoms with Crippen LogP contribution in [0, 0.1) is 11.3 Å². The maximum absolute atomic E-state index is 8.76. The molecule has 3 rings (SSSR count). The summed E-state index contributed by atoms with van der Waals surface area (Å²) in [5, 5.41) is 15.9. The van der Waals surface area contributed by atoms with Crippen LogP contribution in [0.4, 0.5) is 5.69 Å². The molecule has 0 aliphatic carbocycles. The van der Waals surface area contributed by atoms with Gasteiger partial charge in [-0.3, -0.25) is 0 Å². The van der Waals surface area contributed by atoms with Crippen LogP contribution >= 0.6 is 12.2 Å². The smallest absolute Gasteiger partial charge is 0.171 e. The average molecular weight is 382 g/mol. The lowest BCUT2D eigenvalue weighted by atomic mass is 9.89. The normalized spacial score (nSPS) is 17.0. The fraction of sp³-hybridized carbons (Fsp3) is 0.333. The minimum absolute atomic E-state index is 0.0108. The van der Waals surface area contributed by atoms with Gasteiger partial charge in [-0.15, -0.1) is 0 Å². The fourth-order valence-electron chi connectivity index (χ4n) is 3.21. The lowest BCUT2D eigenvalue weighted by molar-refractivity contribution is 0.0695. The Bertz CT molecular complexity index is 872. The Labute approximate surface area is 165 Å². The molecule has 27 heavy (non-hydrogen) atoms. The third kappa shape index (κ3) is 4.69. The van der Waals surface area contributed by atoms with Crippen LogP contribution in [0.3, 0.4) is 0 Å². The monoisotopic (exact) mass is 381 g/mol. The minimum Gasteiger partial charge on any atom is -0.497 e. The molecule has 0 amide bonds. The van der Waals surface area contributed by atoms with E-state index in [2.05, 4.69) is 30.6 Å². The fourth-order valence-corrected chi connectivity index (χ4v) is 3.47. The van der Waals surface area contributed by atoms with Crippen LogP contribution in [0.15, 0.2) is 42.5 Å². The molecule has 1 aliphatic rings. The summed E-state index contributed by atoms with van der Waals surface area (Å²) in [6.45, 7) is 4.14.